The van der Waals surface area contributed by atoms with Crippen molar-refractivity contribution in [2.75, 3.05) is 6.61 Å². The second-order valence-electron chi connectivity index (χ2n) is 3.64. The van der Waals surface area contributed by atoms with Gasteiger partial charge in [0.25, 0.3) is 0 Å². The van der Waals surface area contributed by atoms with Crippen LogP contribution < -0.4 is 0 Å². The maximum atomic E-state index is 8.69. The smallest absolute Gasteiger partial charge is 0.0751 e. The molecule has 1 atom stereocenters. The highest BCUT2D eigenvalue weighted by atomic mass is 16.5. The highest BCUT2D eigenvalue weighted by molar-refractivity contribution is 4.91. The molecule has 2 heteroatoms. The zero-order chi connectivity index (χ0) is 9.61. The number of nitriles is 1. The summed E-state index contributed by atoms with van der Waals surface area (Å²) in [5, 5.41) is 8.69. The molecule has 0 fully saturated rings. The second-order valence-corrected chi connectivity index (χ2v) is 3.64. The van der Waals surface area contributed by atoms with Gasteiger partial charge >= 0.3 is 0 Å². The summed E-state index contributed by atoms with van der Waals surface area (Å²) < 4.78 is 5.44. The molecular formula is C10H17NO. The Morgan fingerprint density at radius 3 is 2.67 bits per heavy atom. The highest BCUT2D eigenvalue weighted by Gasteiger charge is 2.17. The first-order chi connectivity index (χ1) is 5.52. The third-order valence-corrected chi connectivity index (χ3v) is 1.53. The van der Waals surface area contributed by atoms with E-state index in [1.165, 1.54) is 0 Å². The van der Waals surface area contributed by atoms with Crippen LogP contribution in [0.3, 0.4) is 0 Å². The molecule has 0 radical (unpaired) electrons. The maximum Gasteiger partial charge on any atom is 0.0751 e. The number of ether oxygens (including phenoxy) is 1. The highest BCUT2D eigenvalue weighted by Crippen LogP contribution is 2.14. The molecule has 68 valence electrons. The number of hydrogen-bond acceptors (Lipinski definition) is 2. The van der Waals surface area contributed by atoms with E-state index in [-0.39, 0.29) is 11.5 Å². The van der Waals surface area contributed by atoms with E-state index < -0.39 is 0 Å². The minimum atomic E-state index is -0.380. The van der Waals surface area contributed by atoms with Crippen molar-refractivity contribution in [3.8, 4) is 6.07 Å². The Balaban J connectivity index is 3.69. The fourth-order valence-corrected chi connectivity index (χ4v) is 0.686. The molecule has 0 heterocycles. The molecule has 0 spiro atoms. The summed E-state index contributed by atoms with van der Waals surface area (Å²) in [5.74, 6) is 0. The fourth-order valence-electron chi connectivity index (χ4n) is 0.686. The second kappa shape index (κ2) is 4.95. The van der Waals surface area contributed by atoms with Gasteiger partial charge in [-0.25, -0.2) is 0 Å². The fraction of sp³-hybridized carbons (Fsp3) is 0.700. The quantitative estimate of drug-likeness (QED) is 0.589. The van der Waals surface area contributed by atoms with Crippen LogP contribution in [0.5, 0.6) is 0 Å². The summed E-state index contributed by atoms with van der Waals surface area (Å²) >= 11 is 0. The van der Waals surface area contributed by atoms with Crippen LogP contribution in [0.2, 0.25) is 0 Å². The van der Waals surface area contributed by atoms with Crippen molar-refractivity contribution in [3.05, 3.63) is 12.7 Å². The molecule has 0 saturated carbocycles. The Bertz CT molecular complexity index is 179. The van der Waals surface area contributed by atoms with Gasteiger partial charge in [-0.15, -0.1) is 6.58 Å². The number of nitrogens with zero attached hydrogens (tertiary/aromatic N) is 1. The molecule has 0 aliphatic heterocycles. The zero-order valence-electron chi connectivity index (χ0n) is 8.13. The summed E-state index contributed by atoms with van der Waals surface area (Å²) in [4.78, 5) is 0. The van der Waals surface area contributed by atoms with Gasteiger partial charge in [0.05, 0.1) is 24.2 Å². The number of rotatable bonds is 5. The van der Waals surface area contributed by atoms with Crippen molar-refractivity contribution < 1.29 is 4.74 Å². The van der Waals surface area contributed by atoms with Crippen molar-refractivity contribution in [3.63, 3.8) is 0 Å². The van der Waals surface area contributed by atoms with Gasteiger partial charge < -0.3 is 4.74 Å². The Labute approximate surface area is 74.8 Å². The third kappa shape index (κ3) is 4.92. The van der Waals surface area contributed by atoms with Crippen LogP contribution >= 0.6 is 0 Å². The number of hydrogen-bond donors (Lipinski definition) is 0. The standard InChI is InChI=1S/C10H17NO/c1-5-6-9(2)12-8-10(3,4)7-11/h5,9H,1,6,8H2,2-4H3. The molecule has 0 aromatic heterocycles. The summed E-state index contributed by atoms with van der Waals surface area (Å²) in [6.45, 7) is 9.82. The Kier molecular flexibility index (Phi) is 4.61. The summed E-state index contributed by atoms with van der Waals surface area (Å²) in [7, 11) is 0. The maximum absolute atomic E-state index is 8.69. The molecule has 0 aromatic carbocycles. The van der Waals surface area contributed by atoms with Gasteiger partial charge in [0.15, 0.2) is 0 Å². The summed E-state index contributed by atoms with van der Waals surface area (Å²) in [5.41, 5.74) is -0.380. The molecule has 0 bridgehead atoms. The van der Waals surface area contributed by atoms with Crippen LogP contribution in [-0.4, -0.2) is 12.7 Å². The first-order valence-corrected chi connectivity index (χ1v) is 4.15. The van der Waals surface area contributed by atoms with Crippen LogP contribution in [0, 0.1) is 16.7 Å². The van der Waals surface area contributed by atoms with E-state index in [0.717, 1.165) is 6.42 Å². The molecule has 0 N–H and O–H groups in total. The molecule has 0 amide bonds. The van der Waals surface area contributed by atoms with Crippen molar-refractivity contribution in [1.29, 1.82) is 5.26 Å². The molecule has 0 rings (SSSR count). The van der Waals surface area contributed by atoms with Crippen LogP contribution in [0.1, 0.15) is 27.2 Å². The normalized spacial score (nSPS) is 13.5. The zero-order valence-corrected chi connectivity index (χ0v) is 8.13. The first kappa shape index (κ1) is 11.2. The molecule has 1 unspecified atom stereocenters. The van der Waals surface area contributed by atoms with E-state index >= 15 is 0 Å². The molecule has 0 saturated heterocycles. The first-order valence-electron chi connectivity index (χ1n) is 4.15. The van der Waals surface area contributed by atoms with Gasteiger partial charge in [-0.2, -0.15) is 5.26 Å². The Morgan fingerprint density at radius 2 is 2.25 bits per heavy atom. The lowest BCUT2D eigenvalue weighted by molar-refractivity contribution is 0.0319. The average Bonchev–Trinajstić information content (AvgIpc) is 2.02. The lowest BCUT2D eigenvalue weighted by atomic mass is 9.97. The van der Waals surface area contributed by atoms with Crippen LogP contribution in [0.4, 0.5) is 0 Å². The Morgan fingerprint density at radius 1 is 1.67 bits per heavy atom. The summed E-state index contributed by atoms with van der Waals surface area (Å²) in [6, 6.07) is 2.19. The predicted octanol–water partition coefficient (Wildman–Crippen LogP) is 2.52. The van der Waals surface area contributed by atoms with Gasteiger partial charge in [-0.05, 0) is 27.2 Å². The summed E-state index contributed by atoms with van der Waals surface area (Å²) in [6.07, 6.45) is 2.82. The molecule has 0 aromatic rings. The lowest BCUT2D eigenvalue weighted by Crippen LogP contribution is -2.20. The third-order valence-electron chi connectivity index (χ3n) is 1.53. The van der Waals surface area contributed by atoms with Gasteiger partial charge in [-0.1, -0.05) is 6.08 Å². The molecule has 0 aliphatic rings. The minimum absolute atomic E-state index is 0.162. The van der Waals surface area contributed by atoms with Crippen LogP contribution in [0.15, 0.2) is 12.7 Å². The van der Waals surface area contributed by atoms with E-state index in [4.69, 9.17) is 10.00 Å². The molecule has 12 heavy (non-hydrogen) atoms. The van der Waals surface area contributed by atoms with Crippen LogP contribution in [0.25, 0.3) is 0 Å². The lowest BCUT2D eigenvalue weighted by Gasteiger charge is -2.18. The predicted molar refractivity (Wildman–Crippen MR) is 49.6 cm³/mol. The van der Waals surface area contributed by atoms with E-state index in [1.54, 1.807) is 0 Å². The van der Waals surface area contributed by atoms with E-state index in [0.29, 0.717) is 6.61 Å². The average molecular weight is 167 g/mol. The van der Waals surface area contributed by atoms with E-state index in [9.17, 15) is 0 Å². The largest absolute Gasteiger partial charge is 0.377 e. The Hall–Kier alpha value is -0.810. The van der Waals surface area contributed by atoms with E-state index in [1.807, 2.05) is 26.8 Å². The van der Waals surface area contributed by atoms with E-state index in [2.05, 4.69) is 12.6 Å². The monoisotopic (exact) mass is 167 g/mol. The SMILES string of the molecule is C=CCC(C)OCC(C)(C)C#N. The van der Waals surface area contributed by atoms with Gasteiger partial charge in [-0.3, -0.25) is 0 Å². The molecule has 0 aliphatic carbocycles. The van der Waals surface area contributed by atoms with Gasteiger partial charge in [0, 0.05) is 0 Å². The van der Waals surface area contributed by atoms with Crippen molar-refractivity contribution >= 4 is 0 Å². The van der Waals surface area contributed by atoms with Crippen molar-refractivity contribution in [1.82, 2.24) is 0 Å². The minimum Gasteiger partial charge on any atom is -0.377 e. The van der Waals surface area contributed by atoms with Gasteiger partial charge in [0.2, 0.25) is 0 Å². The van der Waals surface area contributed by atoms with Gasteiger partial charge in [0.1, 0.15) is 0 Å². The van der Waals surface area contributed by atoms with Crippen molar-refractivity contribution in [2.24, 2.45) is 5.41 Å². The van der Waals surface area contributed by atoms with Crippen molar-refractivity contribution in [2.45, 2.75) is 33.3 Å². The molecular weight excluding hydrogens is 150 g/mol. The topological polar surface area (TPSA) is 33.0 Å². The molecule has 2 nitrogen and oxygen atoms in total. The van der Waals surface area contributed by atoms with Crippen LogP contribution in [-0.2, 0) is 4.74 Å².